The van der Waals surface area contributed by atoms with Crippen LogP contribution in [0.1, 0.15) is 41.5 Å². The van der Waals surface area contributed by atoms with Crippen LogP contribution >= 0.6 is 0 Å². The number of rotatable bonds is 4. The second-order valence-corrected chi connectivity index (χ2v) is 15.6. The molecule has 0 fully saturated rings. The van der Waals surface area contributed by atoms with E-state index in [9.17, 15) is 0 Å². The SMILES string of the molecule is C=C1/C=C\C=C/Cc2cc(-c3ccc4c5ccccc5c5ccc(C6=NC(c7ccccc7)=N/C(c7ccccc7)=C\CCC6)cc5c4c3)cc3c4ccccc4n1c23. The summed E-state index contributed by atoms with van der Waals surface area (Å²) in [5.74, 6) is 0.737. The first-order valence-electron chi connectivity index (χ1n) is 20.6. The molecule has 0 radical (unpaired) electrons. The first-order chi connectivity index (χ1) is 29.2. The average Bonchev–Trinajstić information content (AvgIpc) is 3.71. The van der Waals surface area contributed by atoms with Gasteiger partial charge in [-0.15, -0.1) is 0 Å². The Kier molecular flexibility index (Phi) is 8.59. The maximum Gasteiger partial charge on any atom is 0.160 e. The molecule has 8 aromatic carbocycles. The molecule has 0 aliphatic carbocycles. The van der Waals surface area contributed by atoms with Crippen molar-refractivity contribution in [2.45, 2.75) is 25.7 Å². The molecule has 11 rings (SSSR count). The van der Waals surface area contributed by atoms with E-state index in [0.717, 1.165) is 65.3 Å². The van der Waals surface area contributed by atoms with Crippen molar-refractivity contribution in [3.8, 4) is 11.1 Å². The van der Waals surface area contributed by atoms with E-state index in [1.165, 1.54) is 70.8 Å². The highest BCUT2D eigenvalue weighted by atomic mass is 15.0. The number of benzene rings is 8. The van der Waals surface area contributed by atoms with Gasteiger partial charge in [-0.1, -0.05) is 158 Å². The third-order valence-corrected chi connectivity index (χ3v) is 12.0. The molecule has 0 saturated carbocycles. The molecule has 0 amide bonds. The van der Waals surface area contributed by atoms with Gasteiger partial charge in [-0.3, -0.25) is 0 Å². The summed E-state index contributed by atoms with van der Waals surface area (Å²) in [7, 11) is 0. The van der Waals surface area contributed by atoms with E-state index in [1.54, 1.807) is 0 Å². The topological polar surface area (TPSA) is 29.6 Å². The monoisotopic (exact) mass is 755 g/mol. The van der Waals surface area contributed by atoms with Crippen LogP contribution in [0.3, 0.4) is 0 Å². The lowest BCUT2D eigenvalue weighted by Crippen LogP contribution is -2.07. The average molecular weight is 756 g/mol. The first-order valence-corrected chi connectivity index (χ1v) is 20.6. The van der Waals surface area contributed by atoms with E-state index in [4.69, 9.17) is 9.98 Å². The molecule has 59 heavy (non-hydrogen) atoms. The van der Waals surface area contributed by atoms with Crippen LogP contribution < -0.4 is 0 Å². The summed E-state index contributed by atoms with van der Waals surface area (Å²) in [6.07, 6.45) is 14.5. The van der Waals surface area contributed by atoms with Crippen LogP contribution in [0, 0.1) is 0 Å². The minimum Gasteiger partial charge on any atom is -0.310 e. The van der Waals surface area contributed by atoms with Gasteiger partial charge in [0.2, 0.25) is 0 Å². The van der Waals surface area contributed by atoms with Gasteiger partial charge in [0.15, 0.2) is 5.84 Å². The number of aliphatic imine (C=N–C) groups is 2. The molecule has 0 N–H and O–H groups in total. The Morgan fingerprint density at radius 2 is 1.12 bits per heavy atom. The van der Waals surface area contributed by atoms with Crippen molar-refractivity contribution in [2.75, 3.05) is 0 Å². The van der Waals surface area contributed by atoms with Crippen molar-refractivity contribution >= 4 is 77.1 Å². The maximum atomic E-state index is 5.44. The number of nitrogens with zero attached hydrogens (tertiary/aromatic N) is 3. The Morgan fingerprint density at radius 3 is 1.88 bits per heavy atom. The summed E-state index contributed by atoms with van der Waals surface area (Å²) in [6.45, 7) is 4.49. The van der Waals surface area contributed by atoms with Gasteiger partial charge in [0.1, 0.15) is 0 Å². The smallest absolute Gasteiger partial charge is 0.160 e. The van der Waals surface area contributed by atoms with Gasteiger partial charge >= 0.3 is 0 Å². The van der Waals surface area contributed by atoms with Crippen LogP contribution in [-0.4, -0.2) is 16.1 Å². The fraction of sp³-hybridized carbons (Fsp3) is 0.0714. The van der Waals surface area contributed by atoms with Crippen LogP contribution in [0.25, 0.3) is 76.6 Å². The number of hydrogen-bond donors (Lipinski definition) is 0. The number of para-hydroxylation sites is 1. The Labute approximate surface area is 344 Å². The number of aromatic nitrogens is 1. The van der Waals surface area contributed by atoms with E-state index < -0.39 is 0 Å². The normalized spacial score (nSPS) is 16.7. The maximum absolute atomic E-state index is 5.44. The molecular formula is C56H41N3. The molecule has 0 unspecified atom stereocenters. The second kappa shape index (κ2) is 14.5. The van der Waals surface area contributed by atoms with Crippen LogP contribution in [0.15, 0.2) is 205 Å². The van der Waals surface area contributed by atoms with E-state index >= 15 is 0 Å². The molecular weight excluding hydrogens is 715 g/mol. The minimum atomic E-state index is 0.737. The van der Waals surface area contributed by atoms with Gasteiger partial charge < -0.3 is 4.57 Å². The molecule has 0 spiro atoms. The van der Waals surface area contributed by atoms with Gasteiger partial charge in [-0.25, -0.2) is 9.98 Å². The highest BCUT2D eigenvalue weighted by Gasteiger charge is 2.19. The zero-order valence-corrected chi connectivity index (χ0v) is 32.8. The minimum absolute atomic E-state index is 0.737. The van der Waals surface area contributed by atoms with E-state index in [2.05, 4.69) is 193 Å². The molecule has 1 aromatic heterocycles. The third kappa shape index (κ3) is 6.14. The summed E-state index contributed by atoms with van der Waals surface area (Å²) < 4.78 is 2.33. The van der Waals surface area contributed by atoms with Crippen molar-refractivity contribution in [1.82, 2.24) is 4.57 Å². The second-order valence-electron chi connectivity index (χ2n) is 15.6. The number of hydrogen-bond acceptors (Lipinski definition) is 2. The highest BCUT2D eigenvalue weighted by Crippen LogP contribution is 2.41. The number of allylic oxidation sites excluding steroid dienone is 6. The molecule has 0 atom stereocenters. The van der Waals surface area contributed by atoms with Crippen molar-refractivity contribution in [1.29, 1.82) is 0 Å². The third-order valence-electron chi connectivity index (χ3n) is 12.0. The molecule has 3 heteroatoms. The van der Waals surface area contributed by atoms with Crippen molar-refractivity contribution in [3.63, 3.8) is 0 Å². The van der Waals surface area contributed by atoms with Crippen molar-refractivity contribution < 1.29 is 0 Å². The van der Waals surface area contributed by atoms with Gasteiger partial charge in [0.05, 0.1) is 22.4 Å². The molecule has 0 saturated heterocycles. The fourth-order valence-electron chi connectivity index (χ4n) is 9.23. The van der Waals surface area contributed by atoms with E-state index in [-0.39, 0.29) is 0 Å². The Balaban J connectivity index is 1.12. The standard InChI is InChI=1S/C56H41N3/c1-37-17-5-2-10-22-42-33-43(36-51-48-25-13-16-28-54(48)59(37)55(42)51)40-29-31-46-44-23-11-12-24-45(44)47-32-30-41(35-50(47)49(46)34-40)53-27-15-14-26-52(38-18-6-3-7-19-38)57-56(58-53)39-20-8-4-9-21-39/h2-13,16-21,23-26,28-36H,1,14-15,22,27H2/b10-2-,17-5-,52-26-,57-56?,58-53?. The summed E-state index contributed by atoms with van der Waals surface area (Å²) >= 11 is 0. The molecule has 2 aliphatic heterocycles. The van der Waals surface area contributed by atoms with Crippen LogP contribution in [0.5, 0.6) is 0 Å². The summed E-state index contributed by atoms with van der Waals surface area (Å²) in [6, 6.07) is 57.3. The molecule has 9 aromatic rings. The lowest BCUT2D eigenvalue weighted by Gasteiger charge is -2.15. The fourth-order valence-corrected chi connectivity index (χ4v) is 9.23. The Morgan fingerprint density at radius 1 is 0.492 bits per heavy atom. The van der Waals surface area contributed by atoms with Gasteiger partial charge in [0, 0.05) is 22.0 Å². The molecule has 2 aliphatic rings. The Hall–Kier alpha value is -7.36. The van der Waals surface area contributed by atoms with Crippen LogP contribution in [-0.2, 0) is 6.42 Å². The molecule has 3 nitrogen and oxygen atoms in total. The zero-order chi connectivity index (χ0) is 39.3. The van der Waals surface area contributed by atoms with Gasteiger partial charge in [-0.05, 0) is 122 Å². The Bertz CT molecular complexity index is 3320. The number of fused-ring (bicyclic) bond motifs is 9. The summed E-state index contributed by atoms with van der Waals surface area (Å²) in [5.41, 5.74) is 12.4. The lowest BCUT2D eigenvalue weighted by molar-refractivity contribution is 0.896. The quantitative estimate of drug-likeness (QED) is 0.160. The van der Waals surface area contributed by atoms with Crippen molar-refractivity contribution in [3.05, 3.63) is 217 Å². The van der Waals surface area contributed by atoms with E-state index in [0.29, 0.717) is 0 Å². The van der Waals surface area contributed by atoms with E-state index in [1.807, 2.05) is 6.07 Å². The highest BCUT2D eigenvalue weighted by molar-refractivity contribution is 6.27. The van der Waals surface area contributed by atoms with Crippen LogP contribution in [0.4, 0.5) is 0 Å². The predicted octanol–water partition coefficient (Wildman–Crippen LogP) is 14.5. The van der Waals surface area contributed by atoms with Crippen LogP contribution in [0.2, 0.25) is 0 Å². The molecule has 280 valence electrons. The summed E-state index contributed by atoms with van der Waals surface area (Å²) in [5, 5.41) is 9.99. The summed E-state index contributed by atoms with van der Waals surface area (Å²) in [4.78, 5) is 10.7. The lowest BCUT2D eigenvalue weighted by atomic mass is 9.89. The number of amidine groups is 1. The van der Waals surface area contributed by atoms with Crippen molar-refractivity contribution in [2.24, 2.45) is 9.98 Å². The molecule has 3 heterocycles. The first kappa shape index (κ1) is 34.9. The van der Waals surface area contributed by atoms with Gasteiger partial charge in [0.25, 0.3) is 0 Å². The molecule has 0 bridgehead atoms. The largest absolute Gasteiger partial charge is 0.310 e. The zero-order valence-electron chi connectivity index (χ0n) is 32.8. The predicted molar refractivity (Wildman–Crippen MR) is 252 cm³/mol. The van der Waals surface area contributed by atoms with Gasteiger partial charge in [-0.2, -0.15) is 0 Å².